The highest BCUT2D eigenvalue weighted by Gasteiger charge is 2.43. The molecule has 1 heterocycles. The molecule has 0 amide bonds. The molecule has 2 atom stereocenters. The minimum atomic E-state index is 0.440. The summed E-state index contributed by atoms with van der Waals surface area (Å²) in [5, 5.41) is 4.60. The Morgan fingerprint density at radius 1 is 1.39 bits per heavy atom. The van der Waals surface area contributed by atoms with Crippen molar-refractivity contribution in [3.8, 4) is 0 Å². The first-order valence-electron chi connectivity index (χ1n) is 7.05. The van der Waals surface area contributed by atoms with Crippen LogP contribution in [0.25, 0.3) is 0 Å². The Balaban J connectivity index is 2.10. The fraction of sp³-hybridized carbons (Fsp3) is 0.625. The lowest BCUT2D eigenvalue weighted by atomic mass is 9.66. The lowest BCUT2D eigenvalue weighted by Crippen LogP contribution is -2.30. The summed E-state index contributed by atoms with van der Waals surface area (Å²) in [6.07, 6.45) is 2.41. The molecule has 1 N–H and O–H groups in total. The van der Waals surface area contributed by atoms with Gasteiger partial charge in [-0.15, -0.1) is 0 Å². The summed E-state index contributed by atoms with van der Waals surface area (Å²) in [6, 6.07) is 4.58. The molecule has 1 aromatic rings. The largest absolute Gasteiger partial charge is 0.316 e. The van der Waals surface area contributed by atoms with Gasteiger partial charge in [-0.05, 0) is 40.9 Å². The monoisotopic (exact) mass is 263 g/mol. The molecule has 0 radical (unpaired) electrons. The molecular weight excluding hydrogens is 242 g/mol. The van der Waals surface area contributed by atoms with Crippen LogP contribution in [0.1, 0.15) is 55.7 Å². The molecule has 98 valence electrons. The molecule has 18 heavy (non-hydrogen) atoms. The van der Waals surface area contributed by atoms with Crippen LogP contribution in [-0.4, -0.2) is 13.1 Å². The van der Waals surface area contributed by atoms with E-state index in [0.717, 1.165) is 24.5 Å². The third-order valence-electron chi connectivity index (χ3n) is 4.97. The molecule has 0 bridgehead atoms. The zero-order valence-electron chi connectivity index (χ0n) is 11.5. The fourth-order valence-corrected chi connectivity index (χ4v) is 4.20. The average Bonchev–Trinajstić information content (AvgIpc) is 2.71. The maximum absolute atomic E-state index is 6.64. The highest BCUT2D eigenvalue weighted by atomic mass is 35.5. The molecule has 1 aliphatic heterocycles. The van der Waals surface area contributed by atoms with Crippen LogP contribution in [0, 0.1) is 5.41 Å². The van der Waals surface area contributed by atoms with Gasteiger partial charge < -0.3 is 5.32 Å². The van der Waals surface area contributed by atoms with Gasteiger partial charge in [0.2, 0.25) is 0 Å². The van der Waals surface area contributed by atoms with Crippen LogP contribution in [0.4, 0.5) is 0 Å². The van der Waals surface area contributed by atoms with Crippen molar-refractivity contribution in [3.05, 3.63) is 33.8 Å². The van der Waals surface area contributed by atoms with Crippen LogP contribution in [-0.2, 0) is 6.42 Å². The third-order valence-corrected chi connectivity index (χ3v) is 5.42. The van der Waals surface area contributed by atoms with E-state index in [9.17, 15) is 0 Å². The molecule has 2 heteroatoms. The van der Waals surface area contributed by atoms with Gasteiger partial charge in [0.05, 0.1) is 0 Å². The molecular formula is C16H22ClN. The maximum atomic E-state index is 6.64. The van der Waals surface area contributed by atoms with Crippen LogP contribution >= 0.6 is 11.6 Å². The smallest absolute Gasteiger partial charge is 0.0475 e. The van der Waals surface area contributed by atoms with E-state index in [1.807, 2.05) is 0 Å². The number of fused-ring (bicyclic) bond motifs is 3. The minimum absolute atomic E-state index is 0.440. The van der Waals surface area contributed by atoms with Gasteiger partial charge in [0.1, 0.15) is 0 Å². The molecule has 1 aromatic carbocycles. The van der Waals surface area contributed by atoms with Gasteiger partial charge in [-0.3, -0.25) is 0 Å². The summed E-state index contributed by atoms with van der Waals surface area (Å²) in [7, 11) is 0. The predicted molar refractivity (Wildman–Crippen MR) is 77.6 cm³/mol. The second-order valence-electron chi connectivity index (χ2n) is 6.53. The summed E-state index contributed by atoms with van der Waals surface area (Å²) in [5.74, 6) is 1.16. The van der Waals surface area contributed by atoms with Gasteiger partial charge in [0, 0.05) is 24.0 Å². The SMILES string of the molecule is CC(C)c1ccc2c(c1Cl)CC[C@@]1(C)CNCC21. The Morgan fingerprint density at radius 2 is 2.17 bits per heavy atom. The molecule has 1 unspecified atom stereocenters. The second-order valence-corrected chi connectivity index (χ2v) is 6.91. The third kappa shape index (κ3) is 1.71. The first kappa shape index (κ1) is 12.5. The number of hydrogen-bond donors (Lipinski definition) is 1. The van der Waals surface area contributed by atoms with E-state index in [2.05, 4.69) is 38.2 Å². The molecule has 1 saturated heterocycles. The van der Waals surface area contributed by atoms with Crippen molar-refractivity contribution < 1.29 is 0 Å². The standard InChI is InChI=1S/C16H22ClN/c1-10(2)11-4-5-12-13(15(11)17)6-7-16(3)9-18-8-14(12)16/h4-5,10,14,18H,6-9H2,1-3H3/t14?,16-/m0/s1. The number of nitrogens with one attached hydrogen (secondary N) is 1. The molecule has 2 aliphatic rings. The Labute approximate surface area is 115 Å². The quantitative estimate of drug-likeness (QED) is 0.804. The van der Waals surface area contributed by atoms with Crippen molar-refractivity contribution >= 4 is 11.6 Å². The van der Waals surface area contributed by atoms with Crippen LogP contribution in [0.5, 0.6) is 0 Å². The number of hydrogen-bond acceptors (Lipinski definition) is 1. The Hall–Kier alpha value is -0.530. The van der Waals surface area contributed by atoms with Gasteiger partial charge in [0.15, 0.2) is 0 Å². The van der Waals surface area contributed by atoms with E-state index in [4.69, 9.17) is 11.6 Å². The van der Waals surface area contributed by atoms with Crippen molar-refractivity contribution in [1.29, 1.82) is 0 Å². The van der Waals surface area contributed by atoms with Crippen molar-refractivity contribution in [3.63, 3.8) is 0 Å². The predicted octanol–water partition coefficient (Wildman–Crippen LogP) is 4.10. The lowest BCUT2D eigenvalue weighted by molar-refractivity contribution is 0.277. The molecule has 1 aliphatic carbocycles. The van der Waals surface area contributed by atoms with Crippen molar-refractivity contribution in [2.45, 2.75) is 45.4 Å². The minimum Gasteiger partial charge on any atom is -0.316 e. The highest BCUT2D eigenvalue weighted by Crippen LogP contribution is 2.49. The van der Waals surface area contributed by atoms with Gasteiger partial charge >= 0.3 is 0 Å². The summed E-state index contributed by atoms with van der Waals surface area (Å²) in [6.45, 7) is 9.13. The number of rotatable bonds is 1. The van der Waals surface area contributed by atoms with Crippen molar-refractivity contribution in [2.75, 3.05) is 13.1 Å². The zero-order chi connectivity index (χ0) is 12.9. The van der Waals surface area contributed by atoms with E-state index in [1.165, 1.54) is 23.1 Å². The molecule has 0 aromatic heterocycles. The van der Waals surface area contributed by atoms with E-state index in [1.54, 1.807) is 0 Å². The molecule has 3 rings (SSSR count). The van der Waals surface area contributed by atoms with E-state index in [0.29, 0.717) is 17.3 Å². The van der Waals surface area contributed by atoms with Gasteiger partial charge in [-0.2, -0.15) is 0 Å². The topological polar surface area (TPSA) is 12.0 Å². The Kier molecular flexibility index (Phi) is 2.95. The first-order chi connectivity index (χ1) is 8.53. The molecule has 0 saturated carbocycles. The van der Waals surface area contributed by atoms with E-state index >= 15 is 0 Å². The number of benzene rings is 1. The van der Waals surface area contributed by atoms with E-state index < -0.39 is 0 Å². The lowest BCUT2D eigenvalue weighted by Gasteiger charge is -2.37. The molecule has 1 fully saturated rings. The normalized spacial score (nSPS) is 30.4. The average molecular weight is 264 g/mol. The fourth-order valence-electron chi connectivity index (χ4n) is 3.71. The summed E-state index contributed by atoms with van der Waals surface area (Å²) < 4.78 is 0. The van der Waals surface area contributed by atoms with Crippen LogP contribution in [0.15, 0.2) is 12.1 Å². The zero-order valence-corrected chi connectivity index (χ0v) is 12.3. The maximum Gasteiger partial charge on any atom is 0.0475 e. The van der Waals surface area contributed by atoms with Gasteiger partial charge in [-0.1, -0.05) is 44.5 Å². The second kappa shape index (κ2) is 4.25. The van der Waals surface area contributed by atoms with Crippen LogP contribution < -0.4 is 5.32 Å². The Morgan fingerprint density at radius 3 is 2.89 bits per heavy atom. The van der Waals surface area contributed by atoms with Crippen molar-refractivity contribution in [1.82, 2.24) is 5.32 Å². The van der Waals surface area contributed by atoms with Crippen LogP contribution in [0.3, 0.4) is 0 Å². The van der Waals surface area contributed by atoms with Crippen molar-refractivity contribution in [2.24, 2.45) is 5.41 Å². The highest BCUT2D eigenvalue weighted by molar-refractivity contribution is 6.32. The van der Waals surface area contributed by atoms with E-state index in [-0.39, 0.29) is 0 Å². The summed E-state index contributed by atoms with van der Waals surface area (Å²) >= 11 is 6.64. The summed E-state index contributed by atoms with van der Waals surface area (Å²) in [4.78, 5) is 0. The van der Waals surface area contributed by atoms with Crippen LogP contribution in [0.2, 0.25) is 5.02 Å². The van der Waals surface area contributed by atoms with Gasteiger partial charge in [0.25, 0.3) is 0 Å². The molecule has 0 spiro atoms. The number of halogens is 1. The molecule has 1 nitrogen and oxygen atoms in total. The first-order valence-corrected chi connectivity index (χ1v) is 7.42. The van der Waals surface area contributed by atoms with Gasteiger partial charge in [-0.25, -0.2) is 0 Å². The Bertz CT molecular complexity index is 480. The summed E-state index contributed by atoms with van der Waals surface area (Å²) in [5.41, 5.74) is 4.68.